The fourth-order valence-electron chi connectivity index (χ4n) is 2.58. The molecule has 0 bridgehead atoms. The van der Waals surface area contributed by atoms with Gasteiger partial charge in [0.15, 0.2) is 0 Å². The second-order valence-corrected chi connectivity index (χ2v) is 5.31. The average molecular weight is 271 g/mol. The Kier molecular flexibility index (Phi) is 5.20. The summed E-state index contributed by atoms with van der Waals surface area (Å²) in [5.41, 5.74) is 2.66. The van der Waals surface area contributed by atoms with E-state index in [4.69, 9.17) is 5.11 Å². The molecule has 1 aliphatic rings. The third kappa shape index (κ3) is 3.85. The van der Waals surface area contributed by atoms with Crippen molar-refractivity contribution in [3.05, 3.63) is 29.3 Å². The number of aliphatic hydroxyl groups is 1. The molecule has 0 radical (unpaired) electrons. The number of rotatable bonds is 2. The van der Waals surface area contributed by atoms with Crippen LogP contribution in [0.15, 0.2) is 18.2 Å². The predicted octanol–water partition coefficient (Wildman–Crippen LogP) is 2.86. The summed E-state index contributed by atoms with van der Waals surface area (Å²) in [4.78, 5) is 12.3. The molecule has 0 saturated heterocycles. The van der Waals surface area contributed by atoms with Gasteiger partial charge in [0.05, 0.1) is 0 Å². The third-order valence-corrected chi connectivity index (χ3v) is 3.78. The van der Waals surface area contributed by atoms with Crippen molar-refractivity contribution < 1.29 is 9.90 Å². The minimum atomic E-state index is -0.155. The van der Waals surface area contributed by atoms with Crippen LogP contribution in [-0.2, 0) is 4.79 Å². The van der Waals surface area contributed by atoms with Crippen LogP contribution in [-0.4, -0.2) is 17.6 Å². The molecule has 0 heterocycles. The molecule has 1 saturated carbocycles. The van der Waals surface area contributed by atoms with E-state index in [0.717, 1.165) is 42.5 Å². The Bertz CT molecular complexity index is 534. The van der Waals surface area contributed by atoms with Gasteiger partial charge in [-0.25, -0.2) is 0 Å². The van der Waals surface area contributed by atoms with E-state index in [2.05, 4.69) is 17.2 Å². The lowest BCUT2D eigenvalue weighted by Gasteiger charge is -2.21. The van der Waals surface area contributed by atoms with Crippen LogP contribution >= 0.6 is 0 Å². The van der Waals surface area contributed by atoms with Gasteiger partial charge in [0.1, 0.15) is 6.61 Å². The first-order valence-corrected chi connectivity index (χ1v) is 7.22. The van der Waals surface area contributed by atoms with E-state index in [1.54, 1.807) is 0 Å². The molecule has 0 aromatic heterocycles. The maximum atomic E-state index is 12.3. The Morgan fingerprint density at radius 1 is 1.35 bits per heavy atom. The molecule has 0 unspecified atom stereocenters. The number of carbonyl (C=O) groups is 1. The Hall–Kier alpha value is -1.79. The second-order valence-electron chi connectivity index (χ2n) is 5.31. The monoisotopic (exact) mass is 271 g/mol. The lowest BCUT2D eigenvalue weighted by molar-refractivity contribution is -0.120. The zero-order valence-corrected chi connectivity index (χ0v) is 11.9. The van der Waals surface area contributed by atoms with Crippen LogP contribution in [0.4, 0.5) is 5.69 Å². The van der Waals surface area contributed by atoms with Gasteiger partial charge in [0.25, 0.3) is 0 Å². The molecule has 20 heavy (non-hydrogen) atoms. The lowest BCUT2D eigenvalue weighted by Crippen LogP contribution is -2.25. The number of anilines is 1. The van der Waals surface area contributed by atoms with Crippen LogP contribution in [0.25, 0.3) is 0 Å². The van der Waals surface area contributed by atoms with E-state index in [9.17, 15) is 4.79 Å². The molecular weight excluding hydrogens is 250 g/mol. The molecule has 3 heteroatoms. The quantitative estimate of drug-likeness (QED) is 0.813. The normalized spacial score (nSPS) is 15.3. The Labute approximate surface area is 120 Å². The van der Waals surface area contributed by atoms with Gasteiger partial charge in [-0.3, -0.25) is 4.79 Å². The minimum Gasteiger partial charge on any atom is -0.384 e. The summed E-state index contributed by atoms with van der Waals surface area (Å²) in [5, 5.41) is 11.8. The summed E-state index contributed by atoms with van der Waals surface area (Å²) >= 11 is 0. The lowest BCUT2D eigenvalue weighted by atomic mass is 9.88. The topological polar surface area (TPSA) is 49.3 Å². The fraction of sp³-hybridized carbons (Fsp3) is 0.471. The number of hydrogen-bond donors (Lipinski definition) is 2. The fourth-order valence-corrected chi connectivity index (χ4v) is 2.58. The van der Waals surface area contributed by atoms with E-state index < -0.39 is 0 Å². The highest BCUT2D eigenvalue weighted by molar-refractivity contribution is 5.93. The van der Waals surface area contributed by atoms with Crippen LogP contribution in [0.2, 0.25) is 0 Å². The highest BCUT2D eigenvalue weighted by Crippen LogP contribution is 2.26. The molecule has 0 spiro atoms. The molecule has 1 fully saturated rings. The molecule has 0 atom stereocenters. The van der Waals surface area contributed by atoms with Crippen molar-refractivity contribution >= 4 is 11.6 Å². The van der Waals surface area contributed by atoms with Crippen molar-refractivity contribution in [2.24, 2.45) is 5.92 Å². The molecule has 2 N–H and O–H groups in total. The number of nitrogens with one attached hydrogen (secondary N) is 1. The van der Waals surface area contributed by atoms with Crippen LogP contribution in [0.1, 0.15) is 43.2 Å². The van der Waals surface area contributed by atoms with Crippen LogP contribution in [0.3, 0.4) is 0 Å². The summed E-state index contributed by atoms with van der Waals surface area (Å²) in [6, 6.07) is 5.71. The largest absolute Gasteiger partial charge is 0.384 e. The Morgan fingerprint density at radius 2 is 2.10 bits per heavy atom. The minimum absolute atomic E-state index is 0.125. The second kappa shape index (κ2) is 7.12. The van der Waals surface area contributed by atoms with Gasteiger partial charge in [0, 0.05) is 17.2 Å². The Balaban J connectivity index is 2.09. The molecule has 1 amide bonds. The van der Waals surface area contributed by atoms with Crippen molar-refractivity contribution in [3.8, 4) is 11.8 Å². The maximum absolute atomic E-state index is 12.3. The molecule has 2 rings (SSSR count). The molecule has 3 nitrogen and oxygen atoms in total. The molecule has 1 aromatic rings. The zero-order valence-electron chi connectivity index (χ0n) is 11.9. The van der Waals surface area contributed by atoms with Crippen LogP contribution in [0, 0.1) is 24.7 Å². The van der Waals surface area contributed by atoms with Gasteiger partial charge < -0.3 is 10.4 Å². The summed E-state index contributed by atoms with van der Waals surface area (Å²) in [5.74, 6) is 5.76. The van der Waals surface area contributed by atoms with Crippen molar-refractivity contribution in [2.75, 3.05) is 11.9 Å². The van der Waals surface area contributed by atoms with E-state index in [0.29, 0.717) is 0 Å². The summed E-state index contributed by atoms with van der Waals surface area (Å²) in [7, 11) is 0. The maximum Gasteiger partial charge on any atom is 0.227 e. The average Bonchev–Trinajstić information content (AvgIpc) is 2.49. The summed E-state index contributed by atoms with van der Waals surface area (Å²) in [6.07, 6.45) is 5.54. The Morgan fingerprint density at radius 3 is 2.80 bits per heavy atom. The standard InChI is InChI=1S/C17H21NO2/c1-13-9-10-14(6-5-11-19)12-16(13)18-17(20)15-7-3-2-4-8-15/h9-10,12,15,19H,2-4,7-8,11H2,1H3,(H,18,20). The number of benzene rings is 1. The zero-order chi connectivity index (χ0) is 14.4. The summed E-state index contributed by atoms with van der Waals surface area (Å²) < 4.78 is 0. The van der Waals surface area contributed by atoms with Crippen LogP contribution in [0.5, 0.6) is 0 Å². The molecule has 106 valence electrons. The molecule has 1 aromatic carbocycles. The van der Waals surface area contributed by atoms with E-state index in [-0.39, 0.29) is 18.4 Å². The number of carbonyl (C=O) groups excluding carboxylic acids is 1. The first-order valence-electron chi connectivity index (χ1n) is 7.22. The molecule has 1 aliphatic carbocycles. The number of aryl methyl sites for hydroxylation is 1. The van der Waals surface area contributed by atoms with Crippen molar-refractivity contribution in [1.29, 1.82) is 0 Å². The van der Waals surface area contributed by atoms with Gasteiger partial charge >= 0.3 is 0 Å². The van der Waals surface area contributed by atoms with E-state index in [1.165, 1.54) is 6.42 Å². The summed E-state index contributed by atoms with van der Waals surface area (Å²) in [6.45, 7) is 1.82. The molecular formula is C17H21NO2. The van der Waals surface area contributed by atoms with Crippen LogP contribution < -0.4 is 5.32 Å². The SMILES string of the molecule is Cc1ccc(C#CCO)cc1NC(=O)C1CCCCC1. The van der Waals surface area contributed by atoms with Crippen molar-refractivity contribution in [1.82, 2.24) is 0 Å². The highest BCUT2D eigenvalue weighted by atomic mass is 16.2. The van der Waals surface area contributed by atoms with Gasteiger partial charge in [-0.1, -0.05) is 37.2 Å². The number of hydrogen-bond acceptors (Lipinski definition) is 2. The van der Waals surface area contributed by atoms with Gasteiger partial charge in [-0.05, 0) is 37.5 Å². The third-order valence-electron chi connectivity index (χ3n) is 3.78. The van der Waals surface area contributed by atoms with Gasteiger partial charge in [0.2, 0.25) is 5.91 Å². The van der Waals surface area contributed by atoms with Crippen molar-refractivity contribution in [2.45, 2.75) is 39.0 Å². The van der Waals surface area contributed by atoms with E-state index >= 15 is 0 Å². The molecule has 0 aliphatic heterocycles. The smallest absolute Gasteiger partial charge is 0.227 e. The highest BCUT2D eigenvalue weighted by Gasteiger charge is 2.21. The van der Waals surface area contributed by atoms with Crippen molar-refractivity contribution in [3.63, 3.8) is 0 Å². The van der Waals surface area contributed by atoms with Gasteiger partial charge in [-0.2, -0.15) is 0 Å². The predicted molar refractivity (Wildman–Crippen MR) is 80.3 cm³/mol. The first kappa shape index (κ1) is 14.6. The van der Waals surface area contributed by atoms with Gasteiger partial charge in [-0.15, -0.1) is 0 Å². The number of aliphatic hydroxyl groups excluding tert-OH is 1. The van der Waals surface area contributed by atoms with E-state index in [1.807, 2.05) is 25.1 Å². The number of amides is 1. The first-order chi connectivity index (χ1) is 9.70.